The first-order chi connectivity index (χ1) is 31.5. The lowest BCUT2D eigenvalue weighted by molar-refractivity contribution is -0.127. The van der Waals surface area contributed by atoms with Gasteiger partial charge in [-0.05, 0) is 101 Å². The maximum atomic E-state index is 14.3. The van der Waals surface area contributed by atoms with Crippen LogP contribution in [0.15, 0.2) is 158 Å². The van der Waals surface area contributed by atoms with Crippen LogP contribution in [0.1, 0.15) is 48.2 Å². The van der Waals surface area contributed by atoms with Crippen LogP contribution in [0.5, 0.6) is 0 Å². The zero-order valence-electron chi connectivity index (χ0n) is 35.2. The molecule has 4 saturated heterocycles. The van der Waals surface area contributed by atoms with Gasteiger partial charge in [-0.3, -0.25) is 38.4 Å². The van der Waals surface area contributed by atoms with E-state index in [1.54, 1.807) is 58.7 Å². The van der Waals surface area contributed by atoms with Crippen LogP contribution in [0.3, 0.4) is 0 Å². The number of para-hydroxylation sites is 2. The van der Waals surface area contributed by atoms with E-state index in [4.69, 9.17) is 9.68 Å². The van der Waals surface area contributed by atoms with Crippen LogP contribution >= 0.6 is 0 Å². The number of hydrogen-bond donors (Lipinski definition) is 2. The van der Waals surface area contributed by atoms with E-state index in [2.05, 4.69) is 10.6 Å². The minimum Gasteiger partial charge on any atom is -0.326 e. The Morgan fingerprint density at radius 3 is 1.14 bits per heavy atom. The number of hydrogen-bond acceptors (Lipinski definition) is 10. The van der Waals surface area contributed by atoms with Gasteiger partial charge in [0.1, 0.15) is 11.8 Å². The largest absolute Gasteiger partial charge is 0.326 e. The van der Waals surface area contributed by atoms with E-state index in [0.29, 0.717) is 40.5 Å². The number of nitrogens with one attached hydrogen (secondary N) is 2. The van der Waals surface area contributed by atoms with Gasteiger partial charge in [0.25, 0.3) is 11.8 Å². The molecule has 6 atom stereocenters. The number of anilines is 6. The molecule has 6 aromatic rings. The molecule has 6 amide bonds. The average Bonchev–Trinajstić information content (AvgIpc) is 4.03. The molecule has 14 nitrogen and oxygen atoms in total. The summed E-state index contributed by atoms with van der Waals surface area (Å²) < 4.78 is 0. The molecular weight excluding hydrogens is 825 g/mol. The summed E-state index contributed by atoms with van der Waals surface area (Å²) >= 11 is 0. The number of rotatable bonds is 10. The predicted octanol–water partition coefficient (Wildman–Crippen LogP) is 7.30. The first-order valence-electron chi connectivity index (χ1n) is 21.2. The van der Waals surface area contributed by atoms with E-state index in [1.807, 2.05) is 109 Å². The number of carbonyl (C=O) groups is 6. The van der Waals surface area contributed by atoms with E-state index in [1.165, 1.54) is 23.6 Å². The van der Waals surface area contributed by atoms with Crippen LogP contribution in [0.25, 0.3) is 0 Å². The quantitative estimate of drug-likeness (QED) is 0.134. The van der Waals surface area contributed by atoms with Gasteiger partial charge in [-0.2, -0.15) is 0 Å². The summed E-state index contributed by atoms with van der Waals surface area (Å²) in [7, 11) is 0. The van der Waals surface area contributed by atoms with Crippen LogP contribution in [0.4, 0.5) is 34.1 Å². The monoisotopic (exact) mass is 866 g/mol. The molecule has 6 unspecified atom stereocenters. The van der Waals surface area contributed by atoms with Gasteiger partial charge in [-0.1, -0.05) is 84.9 Å². The topological polar surface area (TPSA) is 158 Å². The Morgan fingerprint density at radius 2 is 0.800 bits per heavy atom. The first kappa shape index (κ1) is 41.1. The fraction of sp³-hybridized carbons (Fsp3) is 0.176. The van der Waals surface area contributed by atoms with Crippen molar-refractivity contribution < 1.29 is 38.4 Å². The van der Waals surface area contributed by atoms with Gasteiger partial charge in [0.15, 0.2) is 12.2 Å². The molecule has 0 radical (unpaired) electrons. The second-order valence-corrected chi connectivity index (χ2v) is 16.5. The van der Waals surface area contributed by atoms with Crippen molar-refractivity contribution in [3.8, 4) is 0 Å². The van der Waals surface area contributed by atoms with E-state index in [-0.39, 0.29) is 23.6 Å². The second kappa shape index (κ2) is 16.6. The molecule has 10 rings (SSSR count). The molecular formula is C51H42N6O8. The number of amides is 6. The molecule has 4 aliphatic rings. The number of benzene rings is 6. The Balaban J connectivity index is 0.844. The molecule has 0 bridgehead atoms. The zero-order valence-corrected chi connectivity index (χ0v) is 35.2. The van der Waals surface area contributed by atoms with Crippen LogP contribution in [-0.2, 0) is 44.9 Å². The second-order valence-electron chi connectivity index (χ2n) is 16.5. The molecule has 0 aromatic heterocycles. The molecule has 4 aliphatic heterocycles. The molecule has 0 aliphatic carbocycles. The van der Waals surface area contributed by atoms with Crippen LogP contribution in [0.2, 0.25) is 0 Å². The van der Waals surface area contributed by atoms with E-state index in [0.717, 1.165) is 22.3 Å². The van der Waals surface area contributed by atoms with Gasteiger partial charge in [0.2, 0.25) is 23.6 Å². The fourth-order valence-corrected chi connectivity index (χ4v) is 9.31. The van der Waals surface area contributed by atoms with Crippen molar-refractivity contribution >= 4 is 69.6 Å². The average molecular weight is 867 g/mol. The molecule has 324 valence electrons. The van der Waals surface area contributed by atoms with Gasteiger partial charge < -0.3 is 10.6 Å². The standard InChI is InChI=1S/C51H42N6O8/c1-30(58)52-36-21-17-34(18-22-36)44-42-46(64-56(44)40-9-5-3-6-10-40)50(62)54(48(42)60)38-25-13-32(14-26-38)29-33-15-27-39(28-16-33)55-49(61)43-45(35-19-23-37(24-20-35)53-31(2)59)57(65-47(43)51(55)63)41-11-7-4-8-12-41/h3-28,42-47H,29H2,1-2H3,(H,52,58)(H,53,59). The van der Waals surface area contributed by atoms with Crippen molar-refractivity contribution in [1.82, 2.24) is 0 Å². The number of imide groups is 2. The number of carbonyl (C=O) groups excluding carboxylic acids is 6. The molecule has 0 saturated carbocycles. The van der Waals surface area contributed by atoms with Gasteiger partial charge in [-0.25, -0.2) is 19.9 Å². The van der Waals surface area contributed by atoms with Crippen LogP contribution in [-0.4, -0.2) is 47.7 Å². The normalized spacial score (nSPS) is 22.4. The first-order valence-corrected chi connectivity index (χ1v) is 21.2. The Morgan fingerprint density at radius 1 is 0.446 bits per heavy atom. The predicted molar refractivity (Wildman–Crippen MR) is 242 cm³/mol. The van der Waals surface area contributed by atoms with Crippen LogP contribution < -0.4 is 30.6 Å². The molecule has 0 spiro atoms. The minimum atomic E-state index is -1.04. The SMILES string of the molecule is CC(=O)Nc1ccc(C2C3C(=O)N(c4ccc(Cc5ccc(N6C(=O)C7ON(c8ccccc8)C(c8ccc(NC(C)=O)cc8)C7C6=O)cc5)cc4)C(=O)C3ON2c2ccccc2)cc1. The van der Waals surface area contributed by atoms with E-state index in [9.17, 15) is 28.8 Å². The number of fused-ring (bicyclic) bond motifs is 2. The van der Waals surface area contributed by atoms with Crippen molar-refractivity contribution in [3.63, 3.8) is 0 Å². The van der Waals surface area contributed by atoms with Gasteiger partial charge >= 0.3 is 0 Å². The highest BCUT2D eigenvalue weighted by molar-refractivity contribution is 6.24. The summed E-state index contributed by atoms with van der Waals surface area (Å²) in [6.07, 6.45) is -1.59. The zero-order chi connectivity index (χ0) is 44.9. The summed E-state index contributed by atoms with van der Waals surface area (Å²) in [6, 6.07) is 46.2. The summed E-state index contributed by atoms with van der Waals surface area (Å²) in [4.78, 5) is 94.9. The van der Waals surface area contributed by atoms with Crippen molar-refractivity contribution in [2.24, 2.45) is 11.8 Å². The van der Waals surface area contributed by atoms with Crippen LogP contribution in [0, 0.1) is 11.8 Å². The highest BCUT2D eigenvalue weighted by Gasteiger charge is 2.61. The number of hydroxylamine groups is 2. The fourth-order valence-electron chi connectivity index (χ4n) is 9.31. The lowest BCUT2D eigenvalue weighted by atomic mass is 9.90. The third-order valence-electron chi connectivity index (χ3n) is 12.2. The lowest BCUT2D eigenvalue weighted by Crippen LogP contribution is -2.37. The minimum absolute atomic E-state index is 0.202. The highest BCUT2D eigenvalue weighted by atomic mass is 16.7. The Labute approximate surface area is 373 Å². The maximum absolute atomic E-state index is 14.3. The summed E-state index contributed by atoms with van der Waals surface area (Å²) in [5, 5.41) is 8.79. The Bertz CT molecular complexity index is 2630. The third kappa shape index (κ3) is 7.47. The molecule has 6 aromatic carbocycles. The smallest absolute Gasteiger partial charge is 0.266 e. The molecule has 4 fully saturated rings. The summed E-state index contributed by atoms with van der Waals surface area (Å²) in [5.74, 6) is -3.73. The van der Waals surface area contributed by atoms with E-state index >= 15 is 0 Å². The van der Waals surface area contributed by atoms with Crippen molar-refractivity contribution in [2.75, 3.05) is 30.6 Å². The third-order valence-corrected chi connectivity index (χ3v) is 12.2. The van der Waals surface area contributed by atoms with Crippen molar-refractivity contribution in [1.29, 1.82) is 0 Å². The summed E-state index contributed by atoms with van der Waals surface area (Å²) in [5.41, 5.74) is 6.79. The Hall–Kier alpha value is -7.94. The molecule has 65 heavy (non-hydrogen) atoms. The molecule has 2 N–H and O–H groups in total. The van der Waals surface area contributed by atoms with Gasteiger partial charge in [0.05, 0.1) is 34.8 Å². The number of nitrogens with zero attached hydrogens (tertiary/aromatic N) is 4. The Kier molecular flexibility index (Phi) is 10.5. The van der Waals surface area contributed by atoms with Crippen molar-refractivity contribution in [2.45, 2.75) is 44.6 Å². The van der Waals surface area contributed by atoms with Crippen molar-refractivity contribution in [3.05, 3.63) is 180 Å². The molecule has 4 heterocycles. The van der Waals surface area contributed by atoms with Gasteiger partial charge in [-0.15, -0.1) is 0 Å². The van der Waals surface area contributed by atoms with Gasteiger partial charge in [0, 0.05) is 25.2 Å². The summed E-state index contributed by atoms with van der Waals surface area (Å²) in [6.45, 7) is 2.86. The highest BCUT2D eigenvalue weighted by Crippen LogP contribution is 2.49. The van der Waals surface area contributed by atoms with E-state index < -0.39 is 47.9 Å². The lowest BCUT2D eigenvalue weighted by Gasteiger charge is -2.29. The molecule has 14 heteroatoms. The maximum Gasteiger partial charge on any atom is 0.266 e.